The van der Waals surface area contributed by atoms with Crippen molar-refractivity contribution >= 4 is 28.8 Å². The zero-order valence-electron chi connectivity index (χ0n) is 17.1. The number of fused-ring (bicyclic) bond motifs is 2. The third kappa shape index (κ3) is 3.62. The number of imidazole rings is 2. The van der Waals surface area contributed by atoms with Crippen LogP contribution in [0.2, 0.25) is 5.02 Å². The number of hydrogen-bond donors (Lipinski definition) is 1. The predicted octanol–water partition coefficient (Wildman–Crippen LogP) is 3.69. The molecule has 160 valence electrons. The predicted molar refractivity (Wildman–Crippen MR) is 120 cm³/mol. The van der Waals surface area contributed by atoms with Crippen LogP contribution in [0.4, 0.5) is 0 Å². The van der Waals surface area contributed by atoms with Crippen LogP contribution in [0, 0.1) is 0 Å². The molecule has 1 saturated carbocycles. The quantitative estimate of drug-likeness (QED) is 0.432. The number of rotatable bonds is 6. The molecule has 1 aliphatic rings. The van der Waals surface area contributed by atoms with Gasteiger partial charge in [-0.15, -0.1) is 0 Å². The van der Waals surface area contributed by atoms with E-state index in [0.29, 0.717) is 29.6 Å². The molecule has 0 unspecified atom stereocenters. The molecule has 1 fully saturated rings. The van der Waals surface area contributed by atoms with E-state index in [0.717, 1.165) is 22.7 Å². The van der Waals surface area contributed by atoms with Gasteiger partial charge in [0.15, 0.2) is 0 Å². The van der Waals surface area contributed by atoms with Gasteiger partial charge in [-0.3, -0.25) is 9.48 Å². The van der Waals surface area contributed by atoms with E-state index in [4.69, 9.17) is 11.6 Å². The lowest BCUT2D eigenvalue weighted by atomic mass is 10.2. The Bertz CT molecular complexity index is 1460. The molecule has 0 bridgehead atoms. The third-order valence-corrected chi connectivity index (χ3v) is 5.99. The monoisotopic (exact) mass is 445 g/mol. The smallest absolute Gasteiger partial charge is 0.254 e. The van der Waals surface area contributed by atoms with Gasteiger partial charge in [0.1, 0.15) is 11.3 Å². The van der Waals surface area contributed by atoms with Crippen LogP contribution in [-0.2, 0) is 13.1 Å². The standard InChI is InChI=1S/C23H20ClN7O/c24-18-4-6-21-25-8-20(31(21)12-18)9-26-23(32)17-7-27-30(11-17)14-19-13-29-10-16(15-1-2-15)3-5-22(29)28-19/h3-8,10-13,15H,1-2,9,14H2,(H,26,32). The van der Waals surface area contributed by atoms with Crippen molar-refractivity contribution in [2.24, 2.45) is 0 Å². The number of amides is 1. The summed E-state index contributed by atoms with van der Waals surface area (Å²) in [5.41, 5.74) is 5.31. The van der Waals surface area contributed by atoms with Crippen LogP contribution in [-0.4, -0.2) is 34.5 Å². The maximum Gasteiger partial charge on any atom is 0.254 e. The molecule has 0 aromatic carbocycles. The Labute approximate surface area is 188 Å². The van der Waals surface area contributed by atoms with E-state index in [1.807, 2.05) is 16.7 Å². The van der Waals surface area contributed by atoms with Crippen molar-refractivity contribution < 1.29 is 4.79 Å². The van der Waals surface area contributed by atoms with E-state index in [1.165, 1.54) is 18.4 Å². The molecule has 1 N–H and O–H groups in total. The van der Waals surface area contributed by atoms with E-state index in [9.17, 15) is 4.79 Å². The van der Waals surface area contributed by atoms with Gasteiger partial charge in [0.2, 0.25) is 0 Å². The van der Waals surface area contributed by atoms with Crippen LogP contribution in [0.25, 0.3) is 11.3 Å². The highest BCUT2D eigenvalue weighted by Crippen LogP contribution is 2.39. The number of hydrogen-bond acceptors (Lipinski definition) is 4. The van der Waals surface area contributed by atoms with Crippen molar-refractivity contribution in [1.29, 1.82) is 0 Å². The largest absolute Gasteiger partial charge is 0.346 e. The molecule has 0 aliphatic heterocycles. The van der Waals surface area contributed by atoms with Crippen LogP contribution in [0.3, 0.4) is 0 Å². The van der Waals surface area contributed by atoms with Crippen LogP contribution in [0.15, 0.2) is 61.4 Å². The summed E-state index contributed by atoms with van der Waals surface area (Å²) in [5, 5.41) is 7.87. The summed E-state index contributed by atoms with van der Waals surface area (Å²) in [4.78, 5) is 21.6. The third-order valence-electron chi connectivity index (χ3n) is 5.77. The molecule has 0 atom stereocenters. The first-order chi connectivity index (χ1) is 15.6. The highest BCUT2D eigenvalue weighted by molar-refractivity contribution is 6.30. The maximum atomic E-state index is 12.6. The van der Waals surface area contributed by atoms with Gasteiger partial charge < -0.3 is 14.1 Å². The molecule has 9 heteroatoms. The topological polar surface area (TPSA) is 81.5 Å². The first kappa shape index (κ1) is 19.1. The number of pyridine rings is 2. The summed E-state index contributed by atoms with van der Waals surface area (Å²) in [6.45, 7) is 0.834. The van der Waals surface area contributed by atoms with E-state index in [-0.39, 0.29) is 5.91 Å². The fourth-order valence-corrected chi connectivity index (χ4v) is 4.10. The lowest BCUT2D eigenvalue weighted by Crippen LogP contribution is -2.23. The minimum Gasteiger partial charge on any atom is -0.346 e. The van der Waals surface area contributed by atoms with Gasteiger partial charge >= 0.3 is 0 Å². The number of carbonyl (C=O) groups is 1. The average Bonchev–Trinajstić information content (AvgIpc) is 3.21. The number of carbonyl (C=O) groups excluding carboxylic acids is 1. The fraction of sp³-hybridized carbons (Fsp3) is 0.217. The van der Waals surface area contributed by atoms with Crippen LogP contribution >= 0.6 is 11.6 Å². The summed E-state index contributed by atoms with van der Waals surface area (Å²) in [7, 11) is 0. The Morgan fingerprint density at radius 3 is 2.81 bits per heavy atom. The molecule has 0 radical (unpaired) electrons. The molecule has 6 rings (SSSR count). The Morgan fingerprint density at radius 2 is 1.94 bits per heavy atom. The first-order valence-electron chi connectivity index (χ1n) is 10.5. The van der Waals surface area contributed by atoms with Crippen LogP contribution < -0.4 is 5.32 Å². The Balaban J connectivity index is 1.13. The molecular weight excluding hydrogens is 426 g/mol. The zero-order valence-corrected chi connectivity index (χ0v) is 17.9. The van der Waals surface area contributed by atoms with E-state index in [1.54, 1.807) is 35.5 Å². The summed E-state index contributed by atoms with van der Waals surface area (Å²) in [5.74, 6) is 0.507. The van der Waals surface area contributed by atoms with Gasteiger partial charge in [0.05, 0.1) is 47.5 Å². The molecule has 0 spiro atoms. The molecule has 1 amide bonds. The van der Waals surface area contributed by atoms with Crippen LogP contribution in [0.5, 0.6) is 0 Å². The highest BCUT2D eigenvalue weighted by atomic mass is 35.5. The summed E-state index contributed by atoms with van der Waals surface area (Å²) < 4.78 is 5.67. The second-order valence-corrected chi connectivity index (χ2v) is 8.61. The van der Waals surface area contributed by atoms with Crippen molar-refractivity contribution in [2.75, 3.05) is 0 Å². The molecule has 0 saturated heterocycles. The second-order valence-electron chi connectivity index (χ2n) is 8.17. The molecule has 5 aromatic rings. The van der Waals surface area contributed by atoms with Crippen molar-refractivity contribution in [2.45, 2.75) is 31.8 Å². The number of aromatic nitrogens is 6. The Kier molecular flexibility index (Phi) is 4.46. The lowest BCUT2D eigenvalue weighted by Gasteiger charge is -2.04. The maximum absolute atomic E-state index is 12.6. The molecule has 8 nitrogen and oxygen atoms in total. The Hall–Kier alpha value is -3.65. The summed E-state index contributed by atoms with van der Waals surface area (Å²) in [6.07, 6.45) is 13.6. The van der Waals surface area contributed by atoms with Gasteiger partial charge in [-0.05, 0) is 42.5 Å². The van der Waals surface area contributed by atoms with Gasteiger partial charge in [0, 0.05) is 24.8 Å². The molecular formula is C23H20ClN7O. The Morgan fingerprint density at radius 1 is 1.06 bits per heavy atom. The first-order valence-corrected chi connectivity index (χ1v) is 10.9. The second kappa shape index (κ2) is 7.49. The average molecular weight is 446 g/mol. The summed E-state index contributed by atoms with van der Waals surface area (Å²) in [6, 6.07) is 7.85. The highest BCUT2D eigenvalue weighted by Gasteiger charge is 2.23. The van der Waals surface area contributed by atoms with Crippen LogP contribution in [0.1, 0.15) is 46.1 Å². The van der Waals surface area contributed by atoms with E-state index in [2.05, 4.69) is 43.1 Å². The van der Waals surface area contributed by atoms with Crippen molar-refractivity contribution in [1.82, 2.24) is 33.9 Å². The molecule has 1 aliphatic carbocycles. The minimum atomic E-state index is -0.197. The molecule has 5 heterocycles. The fourth-order valence-electron chi connectivity index (χ4n) is 3.94. The van der Waals surface area contributed by atoms with Crippen molar-refractivity contribution in [3.8, 4) is 0 Å². The van der Waals surface area contributed by atoms with Gasteiger partial charge in [0.25, 0.3) is 5.91 Å². The lowest BCUT2D eigenvalue weighted by molar-refractivity contribution is 0.0950. The minimum absolute atomic E-state index is 0.197. The molecule has 32 heavy (non-hydrogen) atoms. The van der Waals surface area contributed by atoms with Gasteiger partial charge in [-0.25, -0.2) is 9.97 Å². The van der Waals surface area contributed by atoms with Gasteiger partial charge in [-0.1, -0.05) is 17.7 Å². The summed E-state index contributed by atoms with van der Waals surface area (Å²) >= 11 is 6.07. The van der Waals surface area contributed by atoms with E-state index >= 15 is 0 Å². The number of nitrogens with zero attached hydrogens (tertiary/aromatic N) is 6. The number of nitrogens with one attached hydrogen (secondary N) is 1. The SMILES string of the molecule is O=C(NCc1cnc2ccc(Cl)cn12)c1cnn(Cc2cn3cc(C4CC4)ccc3n2)c1. The van der Waals surface area contributed by atoms with Gasteiger partial charge in [-0.2, -0.15) is 5.10 Å². The van der Waals surface area contributed by atoms with E-state index < -0.39 is 0 Å². The molecule has 5 aromatic heterocycles. The van der Waals surface area contributed by atoms with Crippen molar-refractivity contribution in [3.05, 3.63) is 89.0 Å². The zero-order chi connectivity index (χ0) is 21.7. The van der Waals surface area contributed by atoms with Crippen molar-refractivity contribution in [3.63, 3.8) is 0 Å². The normalized spacial score (nSPS) is 13.8. The number of halogens is 1.